The van der Waals surface area contributed by atoms with Gasteiger partial charge in [-0.15, -0.1) is 10.2 Å². The molecule has 0 bridgehead atoms. The number of benzene rings is 2. The first-order valence-electron chi connectivity index (χ1n) is 7.31. The highest BCUT2D eigenvalue weighted by Gasteiger charge is 2.14. The highest BCUT2D eigenvalue weighted by Crippen LogP contribution is 2.35. The normalized spacial score (nSPS) is 10.9. The summed E-state index contributed by atoms with van der Waals surface area (Å²) in [6.45, 7) is 0. The smallest absolute Gasteiger partial charge is 0.259 e. The van der Waals surface area contributed by atoms with Crippen LogP contribution >= 0.6 is 0 Å². The van der Waals surface area contributed by atoms with Crippen LogP contribution in [0.5, 0.6) is 5.75 Å². The first kappa shape index (κ1) is 14.1. The molecule has 0 unspecified atom stereocenters. The Morgan fingerprint density at radius 3 is 2.67 bits per heavy atom. The third-order valence-electron chi connectivity index (χ3n) is 3.88. The number of H-pyrrole nitrogens is 2. The Morgan fingerprint density at radius 1 is 1.04 bits per heavy atom. The second-order valence-corrected chi connectivity index (χ2v) is 5.21. The number of nitrogens with one attached hydrogen (secondary N) is 2. The van der Waals surface area contributed by atoms with Crippen molar-refractivity contribution in [2.75, 3.05) is 7.11 Å². The number of hydrogen-bond acceptors (Lipinski definition) is 5. The number of methoxy groups -OCH3 is 1. The molecule has 0 saturated heterocycles. The van der Waals surface area contributed by atoms with E-state index < -0.39 is 0 Å². The number of pyridine rings is 1. The Morgan fingerprint density at radius 2 is 1.92 bits per heavy atom. The zero-order chi connectivity index (χ0) is 16.5. The van der Waals surface area contributed by atoms with Crippen molar-refractivity contribution in [3.05, 3.63) is 58.9 Å². The van der Waals surface area contributed by atoms with Gasteiger partial charge in [-0.25, -0.2) is 0 Å². The van der Waals surface area contributed by atoms with E-state index in [-0.39, 0.29) is 11.4 Å². The fraction of sp³-hybridized carbons (Fsp3) is 0.0588. The van der Waals surface area contributed by atoms with Crippen LogP contribution in [-0.4, -0.2) is 32.7 Å². The fourth-order valence-electron chi connectivity index (χ4n) is 2.77. The summed E-state index contributed by atoms with van der Waals surface area (Å²) in [6, 6.07) is 15.3. The molecule has 4 rings (SSSR count). The van der Waals surface area contributed by atoms with E-state index in [4.69, 9.17) is 4.74 Å². The molecule has 118 valence electrons. The first-order valence-corrected chi connectivity index (χ1v) is 7.31. The molecule has 2 heterocycles. The maximum absolute atomic E-state index is 12.4. The summed E-state index contributed by atoms with van der Waals surface area (Å²) >= 11 is 0. The van der Waals surface area contributed by atoms with Crippen LogP contribution in [0.4, 0.5) is 0 Å². The topological polar surface area (TPSA) is 96.6 Å². The SMILES string of the molecule is COc1ccc2ccccc2c1-c1ccc(-c2nn[nH]n2)c(=O)[nH]1. The lowest BCUT2D eigenvalue weighted by molar-refractivity contribution is 0.417. The molecule has 7 heteroatoms. The lowest BCUT2D eigenvalue weighted by atomic mass is 10.00. The molecule has 0 aliphatic carbocycles. The van der Waals surface area contributed by atoms with Gasteiger partial charge < -0.3 is 9.72 Å². The van der Waals surface area contributed by atoms with Gasteiger partial charge >= 0.3 is 0 Å². The predicted octanol–water partition coefficient (Wildman–Crippen LogP) is 2.38. The Labute approximate surface area is 136 Å². The molecule has 0 radical (unpaired) electrons. The van der Waals surface area contributed by atoms with Gasteiger partial charge in [0.2, 0.25) is 5.82 Å². The van der Waals surface area contributed by atoms with Gasteiger partial charge in [-0.1, -0.05) is 30.3 Å². The molecule has 2 aromatic carbocycles. The predicted molar refractivity (Wildman–Crippen MR) is 89.7 cm³/mol. The van der Waals surface area contributed by atoms with Crippen LogP contribution in [0.1, 0.15) is 0 Å². The number of tetrazole rings is 1. The molecule has 0 spiro atoms. The van der Waals surface area contributed by atoms with Gasteiger partial charge in [0.05, 0.1) is 18.4 Å². The van der Waals surface area contributed by atoms with E-state index in [1.165, 1.54) is 0 Å². The summed E-state index contributed by atoms with van der Waals surface area (Å²) in [7, 11) is 1.61. The largest absolute Gasteiger partial charge is 0.496 e. The average molecular weight is 319 g/mol. The maximum atomic E-state index is 12.4. The molecule has 24 heavy (non-hydrogen) atoms. The number of nitrogens with zero attached hydrogens (tertiary/aromatic N) is 3. The minimum absolute atomic E-state index is 0.257. The number of hydrogen-bond donors (Lipinski definition) is 2. The van der Waals surface area contributed by atoms with Crippen molar-refractivity contribution >= 4 is 10.8 Å². The quantitative estimate of drug-likeness (QED) is 0.604. The van der Waals surface area contributed by atoms with Crippen molar-refractivity contribution in [2.24, 2.45) is 0 Å². The summed E-state index contributed by atoms with van der Waals surface area (Å²) in [5, 5.41) is 15.6. The monoisotopic (exact) mass is 319 g/mol. The van der Waals surface area contributed by atoms with E-state index in [1.54, 1.807) is 13.2 Å². The Hall–Kier alpha value is -3.48. The minimum atomic E-state index is -0.288. The van der Waals surface area contributed by atoms with Gasteiger partial charge in [-0.2, -0.15) is 5.21 Å². The van der Waals surface area contributed by atoms with Crippen molar-refractivity contribution in [3.8, 4) is 28.4 Å². The molecular weight excluding hydrogens is 306 g/mol. The van der Waals surface area contributed by atoms with Crippen molar-refractivity contribution in [3.63, 3.8) is 0 Å². The zero-order valence-corrected chi connectivity index (χ0v) is 12.8. The summed E-state index contributed by atoms with van der Waals surface area (Å²) < 4.78 is 5.49. The number of aromatic amines is 2. The van der Waals surface area contributed by atoms with Crippen LogP contribution in [0.3, 0.4) is 0 Å². The van der Waals surface area contributed by atoms with Crippen LogP contribution < -0.4 is 10.3 Å². The van der Waals surface area contributed by atoms with Crippen LogP contribution in [0.2, 0.25) is 0 Å². The Balaban J connectivity index is 1.95. The summed E-state index contributed by atoms with van der Waals surface area (Å²) in [5.41, 5.74) is 1.57. The number of rotatable bonds is 3. The highest BCUT2D eigenvalue weighted by molar-refractivity contribution is 5.99. The van der Waals surface area contributed by atoms with Crippen LogP contribution in [0.25, 0.3) is 33.4 Å². The molecule has 7 nitrogen and oxygen atoms in total. The number of fused-ring (bicyclic) bond motifs is 1. The first-order chi connectivity index (χ1) is 11.8. The van der Waals surface area contributed by atoms with Crippen molar-refractivity contribution in [1.82, 2.24) is 25.6 Å². The van der Waals surface area contributed by atoms with Gasteiger partial charge in [0.15, 0.2) is 0 Å². The molecular formula is C17H13N5O2. The van der Waals surface area contributed by atoms with E-state index in [9.17, 15) is 4.79 Å². The molecule has 0 amide bonds. The van der Waals surface area contributed by atoms with Gasteiger partial charge in [0.1, 0.15) is 5.75 Å². The van der Waals surface area contributed by atoms with Gasteiger partial charge in [-0.05, 0) is 34.2 Å². The molecule has 4 aromatic rings. The van der Waals surface area contributed by atoms with Gasteiger partial charge in [0.25, 0.3) is 5.56 Å². The molecule has 0 aliphatic rings. The van der Waals surface area contributed by atoms with Crippen LogP contribution in [-0.2, 0) is 0 Å². The van der Waals surface area contributed by atoms with Gasteiger partial charge in [-0.3, -0.25) is 4.79 Å². The van der Waals surface area contributed by atoms with E-state index in [1.807, 2.05) is 42.5 Å². The fourth-order valence-corrected chi connectivity index (χ4v) is 2.77. The summed E-state index contributed by atoms with van der Waals surface area (Å²) in [4.78, 5) is 15.3. The molecule has 0 aliphatic heterocycles. The van der Waals surface area contributed by atoms with E-state index in [0.29, 0.717) is 17.0 Å². The van der Waals surface area contributed by atoms with Crippen molar-refractivity contribution < 1.29 is 4.74 Å². The second kappa shape index (κ2) is 5.62. The average Bonchev–Trinajstić information content (AvgIpc) is 3.15. The molecule has 0 fully saturated rings. The maximum Gasteiger partial charge on any atom is 0.259 e. The third kappa shape index (κ3) is 2.23. The van der Waals surface area contributed by atoms with Crippen LogP contribution in [0.15, 0.2) is 53.3 Å². The summed E-state index contributed by atoms with van der Waals surface area (Å²) in [6.07, 6.45) is 0. The number of aromatic nitrogens is 5. The molecule has 2 aromatic heterocycles. The van der Waals surface area contributed by atoms with E-state index in [2.05, 4.69) is 25.6 Å². The Bertz CT molecular complexity index is 1070. The molecule has 0 saturated carbocycles. The lowest BCUT2D eigenvalue weighted by Gasteiger charge is -2.12. The Kier molecular flexibility index (Phi) is 3.31. The van der Waals surface area contributed by atoms with E-state index in [0.717, 1.165) is 16.3 Å². The lowest BCUT2D eigenvalue weighted by Crippen LogP contribution is -2.10. The minimum Gasteiger partial charge on any atom is -0.496 e. The highest BCUT2D eigenvalue weighted by atomic mass is 16.5. The van der Waals surface area contributed by atoms with Crippen molar-refractivity contribution in [2.45, 2.75) is 0 Å². The molecule has 0 atom stereocenters. The van der Waals surface area contributed by atoms with Crippen LogP contribution in [0, 0.1) is 0 Å². The van der Waals surface area contributed by atoms with Crippen molar-refractivity contribution in [1.29, 1.82) is 0 Å². The zero-order valence-electron chi connectivity index (χ0n) is 12.8. The second-order valence-electron chi connectivity index (χ2n) is 5.21. The van der Waals surface area contributed by atoms with E-state index >= 15 is 0 Å². The third-order valence-corrected chi connectivity index (χ3v) is 3.88. The number of ether oxygens (including phenoxy) is 1. The molecule has 2 N–H and O–H groups in total. The standard InChI is InChI=1S/C17H13N5O2/c1-24-14-9-6-10-4-2-3-5-11(10)15(14)13-8-7-12(17(23)18-13)16-19-21-22-20-16/h2-9H,1H3,(H,18,23)(H,19,20,21,22). The van der Waals surface area contributed by atoms with Gasteiger partial charge in [0, 0.05) is 5.56 Å². The summed E-state index contributed by atoms with van der Waals surface area (Å²) in [5.74, 6) is 0.948.